The topological polar surface area (TPSA) is 30.1 Å². The summed E-state index contributed by atoms with van der Waals surface area (Å²) in [4.78, 5) is 14.3. The lowest BCUT2D eigenvalue weighted by molar-refractivity contribution is 0.794. The molecule has 0 amide bonds. The minimum atomic E-state index is -0.487. The molecule has 12 rings (SSSR count). The second-order valence-electron chi connectivity index (χ2n) is 15.6. The first-order valence-electron chi connectivity index (χ1n) is 20.0. The van der Waals surface area contributed by atoms with Crippen LogP contribution >= 0.6 is 0 Å². The molecule has 9 aromatic carbocycles. The van der Waals surface area contributed by atoms with Crippen molar-refractivity contribution in [3.8, 4) is 67.3 Å². The molecule has 1 aromatic heterocycles. The summed E-state index contributed by atoms with van der Waals surface area (Å²) < 4.78 is 0. The molecule has 272 valence electrons. The zero-order chi connectivity index (χ0) is 39.1. The Balaban J connectivity index is 0.977. The number of aromatic nitrogens is 2. The molecular formula is C56H33N3. The molecule has 0 N–H and O–H groups in total. The normalized spacial score (nSPS) is 12.9. The molecule has 0 aliphatic heterocycles. The van der Waals surface area contributed by atoms with Gasteiger partial charge in [-0.1, -0.05) is 176 Å². The van der Waals surface area contributed by atoms with Crippen LogP contribution in [0.3, 0.4) is 0 Å². The van der Waals surface area contributed by atoms with Crippen LogP contribution in [-0.4, -0.2) is 9.97 Å². The van der Waals surface area contributed by atoms with E-state index >= 15 is 0 Å². The molecule has 2 aliphatic carbocycles. The number of rotatable bonds is 4. The van der Waals surface area contributed by atoms with Crippen molar-refractivity contribution in [2.75, 3.05) is 0 Å². The van der Waals surface area contributed by atoms with E-state index in [1.807, 2.05) is 6.07 Å². The van der Waals surface area contributed by atoms with Gasteiger partial charge < -0.3 is 0 Å². The third-order valence-corrected chi connectivity index (χ3v) is 12.5. The third kappa shape index (κ3) is 5.00. The molecule has 3 heteroatoms. The average Bonchev–Trinajstić information content (AvgIpc) is 3.77. The van der Waals surface area contributed by atoms with Gasteiger partial charge in [-0.05, 0) is 101 Å². The van der Waals surface area contributed by atoms with Crippen molar-refractivity contribution in [2.45, 2.75) is 5.41 Å². The molecule has 1 heterocycles. The average molecular weight is 748 g/mol. The molecule has 0 fully saturated rings. The van der Waals surface area contributed by atoms with E-state index in [9.17, 15) is 0 Å². The second kappa shape index (κ2) is 12.8. The fourth-order valence-electron chi connectivity index (χ4n) is 9.76. The van der Waals surface area contributed by atoms with Crippen LogP contribution in [0.4, 0.5) is 5.69 Å². The molecule has 3 nitrogen and oxygen atoms in total. The Kier molecular flexibility index (Phi) is 7.21. The maximum absolute atomic E-state index is 7.93. The fraction of sp³-hybridized carbons (Fsp3) is 0.0179. The summed E-state index contributed by atoms with van der Waals surface area (Å²) in [5.74, 6) is 0.697. The van der Waals surface area contributed by atoms with Gasteiger partial charge in [0.15, 0.2) is 11.5 Å². The highest BCUT2D eigenvalue weighted by molar-refractivity contribution is 5.97. The summed E-state index contributed by atoms with van der Waals surface area (Å²) in [5.41, 5.74) is 17.2. The summed E-state index contributed by atoms with van der Waals surface area (Å²) in [6, 6.07) is 71.5. The van der Waals surface area contributed by atoms with Gasteiger partial charge in [-0.2, -0.15) is 0 Å². The minimum absolute atomic E-state index is 0.487. The highest BCUT2D eigenvalue weighted by atomic mass is 14.9. The quantitative estimate of drug-likeness (QED) is 0.168. The lowest BCUT2D eigenvalue weighted by atomic mass is 9.70. The molecule has 0 saturated heterocycles. The molecule has 0 bridgehead atoms. The first-order chi connectivity index (χ1) is 29.2. The number of hydrogen-bond donors (Lipinski definition) is 0. The predicted octanol–water partition coefficient (Wildman–Crippen LogP) is 14.3. The first-order valence-corrected chi connectivity index (χ1v) is 20.0. The van der Waals surface area contributed by atoms with Gasteiger partial charge in [-0.3, -0.25) is 0 Å². The van der Waals surface area contributed by atoms with Gasteiger partial charge >= 0.3 is 0 Å². The monoisotopic (exact) mass is 747 g/mol. The zero-order valence-electron chi connectivity index (χ0n) is 31.9. The molecule has 10 aromatic rings. The van der Waals surface area contributed by atoms with E-state index in [1.54, 1.807) is 0 Å². The van der Waals surface area contributed by atoms with E-state index < -0.39 is 5.41 Å². The molecule has 0 atom stereocenters. The van der Waals surface area contributed by atoms with Gasteiger partial charge in [0.2, 0.25) is 0 Å². The summed E-state index contributed by atoms with van der Waals surface area (Å²) >= 11 is 0. The molecule has 1 spiro atoms. The molecule has 0 saturated carbocycles. The third-order valence-electron chi connectivity index (χ3n) is 12.5. The highest BCUT2D eigenvalue weighted by Crippen LogP contribution is 2.63. The number of nitrogens with zero attached hydrogens (tertiary/aromatic N) is 3. The maximum Gasteiger partial charge on any atom is 0.187 e. The molecular weight excluding hydrogens is 715 g/mol. The molecule has 0 unspecified atom stereocenters. The lowest BCUT2D eigenvalue weighted by Gasteiger charge is -2.30. The van der Waals surface area contributed by atoms with Crippen LogP contribution in [-0.2, 0) is 5.41 Å². The van der Waals surface area contributed by atoms with Gasteiger partial charge in [0.25, 0.3) is 0 Å². The number of hydrogen-bond acceptors (Lipinski definition) is 2. The van der Waals surface area contributed by atoms with Crippen LogP contribution in [0.1, 0.15) is 22.3 Å². The lowest BCUT2D eigenvalue weighted by Crippen LogP contribution is -2.25. The van der Waals surface area contributed by atoms with Crippen molar-refractivity contribution in [2.24, 2.45) is 0 Å². The number of benzene rings is 9. The van der Waals surface area contributed by atoms with Crippen LogP contribution in [0.2, 0.25) is 0 Å². The Labute approximate surface area is 342 Å². The zero-order valence-corrected chi connectivity index (χ0v) is 31.9. The molecule has 59 heavy (non-hydrogen) atoms. The van der Waals surface area contributed by atoms with Crippen LogP contribution in [0.5, 0.6) is 0 Å². The summed E-state index contributed by atoms with van der Waals surface area (Å²) in [6.07, 6.45) is 0. The van der Waals surface area contributed by atoms with E-state index in [0.717, 1.165) is 44.6 Å². The predicted molar refractivity (Wildman–Crippen MR) is 241 cm³/mol. The Hall–Kier alpha value is -7.93. The summed E-state index contributed by atoms with van der Waals surface area (Å²) in [6.45, 7) is 7.93. The first kappa shape index (κ1) is 33.2. The Morgan fingerprint density at radius 3 is 1.53 bits per heavy atom. The van der Waals surface area contributed by atoms with E-state index in [0.29, 0.717) is 11.5 Å². The molecule has 0 radical (unpaired) electrons. The van der Waals surface area contributed by atoms with E-state index in [4.69, 9.17) is 16.5 Å². The van der Waals surface area contributed by atoms with Crippen molar-refractivity contribution in [1.82, 2.24) is 9.97 Å². The van der Waals surface area contributed by atoms with E-state index in [-0.39, 0.29) is 0 Å². The highest BCUT2D eigenvalue weighted by Gasteiger charge is 2.51. The standard InChI is InChI=1S/C56H33N3/c1-57-44-27-28-47-48-32-41(26-29-51(48)56(52(47)33-44)49-16-8-6-14-45(49)46-15-7-9-17-50(46)56)37-18-22-38(23-19-37)53-34-54(42-24-20-35-10-2-4-12-39(35)30-42)59-55(58-53)43-25-21-36-11-3-5-13-40(36)31-43/h2-34H. The Morgan fingerprint density at radius 2 is 0.847 bits per heavy atom. The summed E-state index contributed by atoms with van der Waals surface area (Å²) in [7, 11) is 0. The number of fused-ring (bicyclic) bond motifs is 12. The van der Waals surface area contributed by atoms with Crippen molar-refractivity contribution >= 4 is 27.2 Å². The molecule has 2 aliphatic rings. The SMILES string of the molecule is [C-]#[N+]c1ccc2c(c1)C1(c3ccccc3-c3ccccc31)c1ccc(-c3ccc(-c4cc(-c5ccc6ccccc6c5)nc(-c5ccc6ccccc6c5)n4)cc3)cc1-2. The van der Waals surface area contributed by atoms with Crippen LogP contribution < -0.4 is 0 Å². The van der Waals surface area contributed by atoms with Gasteiger partial charge in [0.1, 0.15) is 0 Å². The van der Waals surface area contributed by atoms with Gasteiger partial charge in [0, 0.05) is 16.7 Å². The van der Waals surface area contributed by atoms with E-state index in [2.05, 4.69) is 199 Å². The largest absolute Gasteiger partial charge is 0.238 e. The van der Waals surface area contributed by atoms with Crippen LogP contribution in [0.15, 0.2) is 200 Å². The van der Waals surface area contributed by atoms with Crippen molar-refractivity contribution < 1.29 is 0 Å². The van der Waals surface area contributed by atoms with E-state index in [1.165, 1.54) is 60.7 Å². The van der Waals surface area contributed by atoms with Gasteiger partial charge in [-0.25, -0.2) is 14.8 Å². The second-order valence-corrected chi connectivity index (χ2v) is 15.6. The Morgan fingerprint density at radius 1 is 0.339 bits per heavy atom. The summed E-state index contributed by atoms with van der Waals surface area (Å²) in [5, 5.41) is 4.73. The van der Waals surface area contributed by atoms with Crippen molar-refractivity contribution in [3.05, 3.63) is 234 Å². The van der Waals surface area contributed by atoms with Gasteiger partial charge in [0.05, 0.1) is 23.4 Å². The van der Waals surface area contributed by atoms with Crippen LogP contribution in [0.25, 0.3) is 93.7 Å². The van der Waals surface area contributed by atoms with Crippen molar-refractivity contribution in [3.63, 3.8) is 0 Å². The minimum Gasteiger partial charge on any atom is -0.238 e. The fourth-order valence-corrected chi connectivity index (χ4v) is 9.76. The Bertz CT molecular complexity index is 3260. The maximum atomic E-state index is 7.93. The van der Waals surface area contributed by atoms with Gasteiger partial charge in [-0.15, -0.1) is 0 Å². The van der Waals surface area contributed by atoms with Crippen LogP contribution in [0, 0.1) is 6.57 Å². The smallest absolute Gasteiger partial charge is 0.187 e. The van der Waals surface area contributed by atoms with Crippen molar-refractivity contribution in [1.29, 1.82) is 0 Å².